The highest BCUT2D eigenvalue weighted by Gasteiger charge is 2.20. The maximum atomic E-state index is 12.6. The van der Waals surface area contributed by atoms with Gasteiger partial charge in [0.2, 0.25) is 0 Å². The lowest BCUT2D eigenvalue weighted by Crippen LogP contribution is -2.36. The third-order valence-corrected chi connectivity index (χ3v) is 3.91. The highest BCUT2D eigenvalue weighted by atomic mass is 35.5. The summed E-state index contributed by atoms with van der Waals surface area (Å²) in [5.74, 6) is 0.157. The van der Waals surface area contributed by atoms with Crippen molar-refractivity contribution in [1.82, 2.24) is 9.88 Å². The van der Waals surface area contributed by atoms with Gasteiger partial charge in [0.1, 0.15) is 11.0 Å². The molecule has 106 valence electrons. The Morgan fingerprint density at radius 1 is 1.50 bits per heavy atom. The highest BCUT2D eigenvalue weighted by molar-refractivity contribution is 7.09. The molecule has 0 saturated carbocycles. The minimum atomic E-state index is -0.0931. The molecule has 0 unspecified atom stereocenters. The quantitative estimate of drug-likeness (QED) is 0.880. The van der Waals surface area contributed by atoms with Crippen molar-refractivity contribution < 1.29 is 4.79 Å². The van der Waals surface area contributed by atoms with Gasteiger partial charge in [0, 0.05) is 16.5 Å². The summed E-state index contributed by atoms with van der Waals surface area (Å²) in [5, 5.41) is 2.23. The molecule has 2 aromatic rings. The summed E-state index contributed by atoms with van der Waals surface area (Å²) < 4.78 is 0. The topological polar surface area (TPSA) is 59.2 Å². The Morgan fingerprint density at radius 2 is 2.25 bits per heavy atom. The molecule has 1 amide bonds. The van der Waals surface area contributed by atoms with Gasteiger partial charge in [-0.1, -0.05) is 17.7 Å². The first kappa shape index (κ1) is 14.8. The average Bonchev–Trinajstić information content (AvgIpc) is 2.86. The minimum Gasteiger partial charge on any atom is -0.384 e. The Balaban J connectivity index is 2.26. The van der Waals surface area contributed by atoms with Gasteiger partial charge >= 0.3 is 0 Å². The van der Waals surface area contributed by atoms with Crippen molar-refractivity contribution in [3.63, 3.8) is 0 Å². The van der Waals surface area contributed by atoms with Gasteiger partial charge in [-0.2, -0.15) is 0 Å². The lowest BCUT2D eigenvalue weighted by molar-refractivity contribution is 0.0692. The number of nitrogen functional groups attached to an aromatic ring is 1. The number of pyridine rings is 1. The van der Waals surface area contributed by atoms with Crippen LogP contribution < -0.4 is 5.73 Å². The lowest BCUT2D eigenvalue weighted by Gasteiger charge is -2.26. The number of carbonyl (C=O) groups is 1. The van der Waals surface area contributed by atoms with E-state index in [1.807, 2.05) is 31.4 Å². The second-order valence-corrected chi connectivity index (χ2v) is 6.13. The van der Waals surface area contributed by atoms with Gasteiger partial charge in [-0.3, -0.25) is 4.79 Å². The van der Waals surface area contributed by atoms with Crippen LogP contribution in [0.25, 0.3) is 0 Å². The first-order valence-corrected chi connectivity index (χ1v) is 7.49. The van der Waals surface area contributed by atoms with Crippen LogP contribution in [0.1, 0.15) is 29.1 Å². The predicted molar refractivity (Wildman–Crippen MR) is 83.0 cm³/mol. The SMILES string of the molecule is CC(C)N(Cc1cccs1)C(=O)c1cc(N)nc(Cl)c1. The van der Waals surface area contributed by atoms with Gasteiger partial charge in [-0.15, -0.1) is 11.3 Å². The van der Waals surface area contributed by atoms with Crippen LogP contribution in [-0.4, -0.2) is 21.8 Å². The standard InChI is InChI=1S/C14H16ClN3OS/c1-9(2)18(8-11-4-3-5-20-11)14(19)10-6-12(15)17-13(16)7-10/h3-7,9H,8H2,1-2H3,(H2,16,17). The fourth-order valence-corrected chi connectivity index (χ4v) is 2.78. The normalized spacial score (nSPS) is 10.8. The molecule has 0 aliphatic rings. The van der Waals surface area contributed by atoms with Gasteiger partial charge in [-0.05, 0) is 37.4 Å². The van der Waals surface area contributed by atoms with E-state index in [2.05, 4.69) is 4.98 Å². The molecule has 2 N–H and O–H groups in total. The first-order valence-electron chi connectivity index (χ1n) is 6.24. The number of hydrogen-bond acceptors (Lipinski definition) is 4. The van der Waals surface area contributed by atoms with Crippen LogP contribution >= 0.6 is 22.9 Å². The maximum Gasteiger partial charge on any atom is 0.254 e. The summed E-state index contributed by atoms with van der Waals surface area (Å²) in [6.07, 6.45) is 0. The summed E-state index contributed by atoms with van der Waals surface area (Å²) in [6, 6.07) is 7.17. The predicted octanol–water partition coefficient (Wildman–Crippen LogP) is 3.43. The zero-order chi connectivity index (χ0) is 14.7. The van der Waals surface area contributed by atoms with Crippen LogP contribution in [0.4, 0.5) is 5.82 Å². The second-order valence-electron chi connectivity index (χ2n) is 4.71. The molecule has 20 heavy (non-hydrogen) atoms. The van der Waals surface area contributed by atoms with Crippen molar-refractivity contribution in [3.05, 3.63) is 45.2 Å². The first-order chi connectivity index (χ1) is 9.47. The maximum absolute atomic E-state index is 12.6. The molecule has 0 aromatic carbocycles. The van der Waals surface area contributed by atoms with Gasteiger partial charge in [0.25, 0.3) is 5.91 Å². The molecule has 0 fully saturated rings. The Bertz CT molecular complexity index is 578. The van der Waals surface area contributed by atoms with Crippen molar-refractivity contribution in [2.45, 2.75) is 26.4 Å². The number of nitrogens with zero attached hydrogens (tertiary/aromatic N) is 2. The zero-order valence-corrected chi connectivity index (χ0v) is 12.9. The number of hydrogen-bond donors (Lipinski definition) is 1. The number of aromatic nitrogens is 1. The fraction of sp³-hybridized carbons (Fsp3) is 0.286. The van der Waals surface area contributed by atoms with E-state index in [-0.39, 0.29) is 22.9 Å². The van der Waals surface area contributed by atoms with E-state index in [9.17, 15) is 4.79 Å². The number of halogens is 1. The van der Waals surface area contributed by atoms with Crippen LogP contribution in [0.2, 0.25) is 5.15 Å². The van der Waals surface area contributed by atoms with Crippen LogP contribution in [0.15, 0.2) is 29.6 Å². The largest absolute Gasteiger partial charge is 0.384 e. The molecule has 0 atom stereocenters. The van der Waals surface area contributed by atoms with Crippen molar-refractivity contribution in [1.29, 1.82) is 0 Å². The van der Waals surface area contributed by atoms with Gasteiger partial charge < -0.3 is 10.6 Å². The third kappa shape index (κ3) is 3.49. The molecule has 0 bridgehead atoms. The monoisotopic (exact) mass is 309 g/mol. The summed E-state index contributed by atoms with van der Waals surface area (Å²) >= 11 is 7.49. The Labute approximate surface area is 127 Å². The number of anilines is 1. The van der Waals surface area contributed by atoms with Crippen LogP contribution in [0.3, 0.4) is 0 Å². The Kier molecular flexibility index (Phi) is 4.62. The zero-order valence-electron chi connectivity index (χ0n) is 11.3. The average molecular weight is 310 g/mol. The van der Waals surface area contributed by atoms with Gasteiger partial charge in [-0.25, -0.2) is 4.98 Å². The lowest BCUT2D eigenvalue weighted by atomic mass is 10.2. The minimum absolute atomic E-state index is 0.0813. The molecular formula is C14H16ClN3OS. The number of nitrogens with two attached hydrogens (primary N) is 1. The number of thiophene rings is 1. The van der Waals surface area contributed by atoms with Crippen molar-refractivity contribution >= 4 is 34.7 Å². The van der Waals surface area contributed by atoms with Crippen LogP contribution in [-0.2, 0) is 6.54 Å². The summed E-state index contributed by atoms with van der Waals surface area (Å²) in [4.78, 5) is 19.4. The molecule has 4 nitrogen and oxygen atoms in total. The molecular weight excluding hydrogens is 294 g/mol. The summed E-state index contributed by atoms with van der Waals surface area (Å²) in [5.41, 5.74) is 6.11. The third-order valence-electron chi connectivity index (χ3n) is 2.85. The van der Waals surface area contributed by atoms with E-state index < -0.39 is 0 Å². The van der Waals surface area contributed by atoms with Crippen molar-refractivity contribution in [3.8, 4) is 0 Å². The Hall–Kier alpha value is -1.59. The van der Waals surface area contributed by atoms with E-state index in [0.29, 0.717) is 12.1 Å². The summed E-state index contributed by atoms with van der Waals surface area (Å²) in [7, 11) is 0. The molecule has 2 heterocycles. The van der Waals surface area contributed by atoms with E-state index in [4.69, 9.17) is 17.3 Å². The Morgan fingerprint density at radius 3 is 2.80 bits per heavy atom. The number of rotatable bonds is 4. The van der Waals surface area contributed by atoms with Crippen LogP contribution in [0.5, 0.6) is 0 Å². The molecule has 0 spiro atoms. The van der Waals surface area contributed by atoms with Gasteiger partial charge in [0.05, 0.1) is 6.54 Å². The molecule has 2 rings (SSSR count). The van der Waals surface area contributed by atoms with E-state index >= 15 is 0 Å². The number of amides is 1. The number of carbonyl (C=O) groups excluding carboxylic acids is 1. The van der Waals surface area contributed by atoms with Crippen molar-refractivity contribution in [2.75, 3.05) is 5.73 Å². The molecule has 0 aliphatic carbocycles. The second kappa shape index (κ2) is 6.24. The van der Waals surface area contributed by atoms with E-state index in [0.717, 1.165) is 4.88 Å². The molecule has 6 heteroatoms. The molecule has 0 saturated heterocycles. The van der Waals surface area contributed by atoms with E-state index in [1.54, 1.807) is 28.4 Å². The highest BCUT2D eigenvalue weighted by Crippen LogP contribution is 2.19. The fourth-order valence-electron chi connectivity index (χ4n) is 1.87. The molecule has 0 radical (unpaired) electrons. The van der Waals surface area contributed by atoms with E-state index in [1.165, 1.54) is 0 Å². The van der Waals surface area contributed by atoms with Gasteiger partial charge in [0.15, 0.2) is 0 Å². The van der Waals surface area contributed by atoms with Crippen molar-refractivity contribution in [2.24, 2.45) is 0 Å². The molecule has 2 aromatic heterocycles. The van der Waals surface area contributed by atoms with Crippen LogP contribution in [0, 0.1) is 0 Å². The summed E-state index contributed by atoms with van der Waals surface area (Å²) in [6.45, 7) is 4.54. The smallest absolute Gasteiger partial charge is 0.254 e. The molecule has 0 aliphatic heterocycles.